The van der Waals surface area contributed by atoms with E-state index in [1.165, 1.54) is 30.0 Å². The Morgan fingerprint density at radius 2 is 1.58 bits per heavy atom. The summed E-state index contributed by atoms with van der Waals surface area (Å²) in [5.74, 6) is -0.862. The molecular formula is C41H50F2N6O3S. The molecule has 3 aromatic rings. The topological polar surface area (TPSA) is 79.4 Å². The van der Waals surface area contributed by atoms with Gasteiger partial charge in [-0.25, -0.2) is 13.6 Å². The van der Waals surface area contributed by atoms with E-state index in [-0.39, 0.29) is 47.5 Å². The Morgan fingerprint density at radius 3 is 2.30 bits per heavy atom. The van der Waals surface area contributed by atoms with Crippen molar-refractivity contribution in [2.45, 2.75) is 75.1 Å². The van der Waals surface area contributed by atoms with Gasteiger partial charge in [-0.3, -0.25) is 14.5 Å². The van der Waals surface area contributed by atoms with Crippen LogP contribution in [-0.2, 0) is 22.4 Å². The summed E-state index contributed by atoms with van der Waals surface area (Å²) in [6.45, 7) is 11.5. The minimum atomic E-state index is -0.623. The van der Waals surface area contributed by atoms with E-state index in [2.05, 4.69) is 35.9 Å². The molecule has 4 amide bonds. The molecule has 3 aromatic carbocycles. The standard InChI is InChI=1S/C41H50F2N6O3S/c1-41(2,3)47-25-23-46(24-26-47)37-32(8-6-9-33(37)43)39-49(21-15-28-11-13-30(42)14-12-28)38(51)35(53-39)27-36(50)45-19-17-31(18-20-45)48-22-16-29-7-4-5-10-34(29)44-40(48)52/h4-14,31,35,39H,15-27H2,1-3H3,(H,44,52)/t35-,39+/m0/s1. The molecule has 3 fully saturated rings. The molecule has 0 unspecified atom stereocenters. The van der Waals surface area contributed by atoms with E-state index in [0.717, 1.165) is 41.9 Å². The van der Waals surface area contributed by atoms with Gasteiger partial charge in [0.2, 0.25) is 11.8 Å². The van der Waals surface area contributed by atoms with Gasteiger partial charge in [-0.1, -0.05) is 42.5 Å². The highest BCUT2D eigenvalue weighted by atomic mass is 32.2. The smallest absolute Gasteiger partial charge is 0.322 e. The molecule has 4 aliphatic heterocycles. The number of anilines is 2. The number of halogens is 2. The zero-order valence-electron chi connectivity index (χ0n) is 30.9. The molecule has 282 valence electrons. The van der Waals surface area contributed by atoms with Crippen molar-refractivity contribution >= 4 is 41.0 Å². The van der Waals surface area contributed by atoms with Crippen LogP contribution in [0.5, 0.6) is 0 Å². The second kappa shape index (κ2) is 15.7. The third-order valence-electron chi connectivity index (χ3n) is 11.3. The van der Waals surface area contributed by atoms with Crippen LogP contribution in [0.1, 0.15) is 62.1 Å². The number of nitrogens with one attached hydrogen (secondary N) is 1. The number of piperidine rings is 1. The van der Waals surface area contributed by atoms with Crippen molar-refractivity contribution in [2.24, 2.45) is 0 Å². The van der Waals surface area contributed by atoms with E-state index in [4.69, 9.17) is 0 Å². The molecule has 3 saturated heterocycles. The summed E-state index contributed by atoms with van der Waals surface area (Å²) in [6.07, 6.45) is 2.66. The molecule has 0 saturated carbocycles. The summed E-state index contributed by atoms with van der Waals surface area (Å²) >= 11 is 1.43. The molecule has 0 bridgehead atoms. The minimum absolute atomic E-state index is 0.0121. The maximum Gasteiger partial charge on any atom is 0.322 e. The Kier molecular flexibility index (Phi) is 11.0. The number of carbonyl (C=O) groups excluding carboxylic acids is 3. The lowest BCUT2D eigenvalue weighted by molar-refractivity contribution is -0.136. The van der Waals surface area contributed by atoms with Crippen molar-refractivity contribution in [1.29, 1.82) is 0 Å². The molecule has 7 rings (SSSR count). The van der Waals surface area contributed by atoms with Crippen LogP contribution >= 0.6 is 11.8 Å². The number of urea groups is 1. The zero-order valence-corrected chi connectivity index (χ0v) is 31.7. The van der Waals surface area contributed by atoms with E-state index in [9.17, 15) is 18.8 Å². The molecule has 12 heteroatoms. The van der Waals surface area contributed by atoms with E-state index < -0.39 is 10.6 Å². The number of para-hydroxylation sites is 2. The molecule has 4 heterocycles. The molecule has 4 aliphatic rings. The normalized spacial score (nSPS) is 21.8. The van der Waals surface area contributed by atoms with Gasteiger partial charge in [0.1, 0.15) is 17.0 Å². The first kappa shape index (κ1) is 37.2. The monoisotopic (exact) mass is 744 g/mol. The van der Waals surface area contributed by atoms with Gasteiger partial charge >= 0.3 is 6.03 Å². The number of thioether (sulfide) groups is 1. The molecule has 1 N–H and O–H groups in total. The van der Waals surface area contributed by atoms with Gasteiger partial charge < -0.3 is 24.9 Å². The van der Waals surface area contributed by atoms with Crippen molar-refractivity contribution in [3.8, 4) is 0 Å². The number of rotatable bonds is 8. The van der Waals surface area contributed by atoms with Crippen molar-refractivity contribution in [3.05, 3.63) is 95.1 Å². The Labute approximate surface area is 315 Å². The summed E-state index contributed by atoms with van der Waals surface area (Å²) in [7, 11) is 0. The molecule has 0 aliphatic carbocycles. The number of amides is 4. The highest BCUT2D eigenvalue weighted by Gasteiger charge is 2.44. The van der Waals surface area contributed by atoms with Gasteiger partial charge in [-0.2, -0.15) is 0 Å². The fourth-order valence-electron chi connectivity index (χ4n) is 8.21. The van der Waals surface area contributed by atoms with Crippen LogP contribution in [-0.4, -0.2) is 107 Å². The van der Waals surface area contributed by atoms with Crippen LogP contribution < -0.4 is 10.2 Å². The average molecular weight is 745 g/mol. The highest BCUT2D eigenvalue weighted by Crippen LogP contribution is 2.48. The summed E-state index contributed by atoms with van der Waals surface area (Å²) in [5.41, 5.74) is 4.13. The number of hydrogen-bond acceptors (Lipinski definition) is 6. The molecule has 0 spiro atoms. The number of piperazine rings is 1. The molecule has 0 radical (unpaired) electrons. The predicted octanol–water partition coefficient (Wildman–Crippen LogP) is 6.54. The fourth-order valence-corrected chi connectivity index (χ4v) is 9.71. The largest absolute Gasteiger partial charge is 0.366 e. The second-order valence-electron chi connectivity index (χ2n) is 15.6. The first-order valence-corrected chi connectivity index (χ1v) is 19.8. The van der Waals surface area contributed by atoms with Crippen molar-refractivity contribution < 1.29 is 23.2 Å². The van der Waals surface area contributed by atoms with E-state index in [0.29, 0.717) is 64.2 Å². The maximum atomic E-state index is 15.9. The van der Waals surface area contributed by atoms with Gasteiger partial charge in [0.25, 0.3) is 0 Å². The zero-order chi connectivity index (χ0) is 37.3. The van der Waals surface area contributed by atoms with Crippen LogP contribution in [0.3, 0.4) is 0 Å². The second-order valence-corrected chi connectivity index (χ2v) is 16.8. The van der Waals surface area contributed by atoms with Crippen molar-refractivity contribution in [1.82, 2.24) is 19.6 Å². The summed E-state index contributed by atoms with van der Waals surface area (Å²) < 4.78 is 29.6. The molecule has 53 heavy (non-hydrogen) atoms. The van der Waals surface area contributed by atoms with Crippen LogP contribution in [0.25, 0.3) is 0 Å². The lowest BCUT2D eigenvalue weighted by Crippen LogP contribution is -2.53. The van der Waals surface area contributed by atoms with Crippen LogP contribution in [0.2, 0.25) is 0 Å². The Bertz CT molecular complexity index is 1800. The minimum Gasteiger partial charge on any atom is -0.366 e. The summed E-state index contributed by atoms with van der Waals surface area (Å²) in [6, 6.07) is 19.2. The Morgan fingerprint density at radius 1 is 0.868 bits per heavy atom. The van der Waals surface area contributed by atoms with E-state index >= 15 is 4.39 Å². The van der Waals surface area contributed by atoms with E-state index in [1.807, 2.05) is 40.1 Å². The number of carbonyl (C=O) groups is 3. The van der Waals surface area contributed by atoms with Gasteiger partial charge in [-0.05, 0) is 81.8 Å². The van der Waals surface area contributed by atoms with Gasteiger partial charge in [-0.15, -0.1) is 11.8 Å². The summed E-state index contributed by atoms with van der Waals surface area (Å²) in [4.78, 5) is 51.2. The third kappa shape index (κ3) is 8.18. The number of benzene rings is 3. The lowest BCUT2D eigenvalue weighted by atomic mass is 10.0. The third-order valence-corrected chi connectivity index (χ3v) is 12.7. The quantitative estimate of drug-likeness (QED) is 0.283. The molecular weight excluding hydrogens is 695 g/mol. The average Bonchev–Trinajstić information content (AvgIpc) is 3.34. The number of fused-ring (bicyclic) bond motifs is 1. The van der Waals surface area contributed by atoms with Crippen LogP contribution in [0, 0.1) is 11.6 Å². The van der Waals surface area contributed by atoms with Gasteiger partial charge in [0.15, 0.2) is 0 Å². The highest BCUT2D eigenvalue weighted by molar-refractivity contribution is 8.01. The van der Waals surface area contributed by atoms with E-state index in [1.54, 1.807) is 23.1 Å². The van der Waals surface area contributed by atoms with Gasteiger partial charge in [0.05, 0.1) is 10.9 Å². The van der Waals surface area contributed by atoms with Crippen molar-refractivity contribution in [3.63, 3.8) is 0 Å². The SMILES string of the molecule is CC(C)(C)N1CCN(c2c(F)cccc2[C@H]2S[C@@H](CC(=O)N3CCC(N4CCc5ccccc5NC4=O)CC3)C(=O)N2CCc2ccc(F)cc2)CC1. The van der Waals surface area contributed by atoms with Crippen LogP contribution in [0.4, 0.5) is 25.0 Å². The summed E-state index contributed by atoms with van der Waals surface area (Å²) in [5, 5.41) is 1.95. The Balaban J connectivity index is 1.05. The fraction of sp³-hybridized carbons (Fsp3) is 0.488. The van der Waals surface area contributed by atoms with Crippen molar-refractivity contribution in [2.75, 3.05) is 62.6 Å². The first-order chi connectivity index (χ1) is 25.5. The number of nitrogens with zero attached hydrogens (tertiary/aromatic N) is 5. The Hall–Kier alpha value is -4.16. The molecule has 2 atom stereocenters. The molecule has 9 nitrogen and oxygen atoms in total. The molecule has 0 aromatic heterocycles. The number of likely N-dealkylation sites (tertiary alicyclic amines) is 1. The predicted molar refractivity (Wildman–Crippen MR) is 206 cm³/mol. The van der Waals surface area contributed by atoms with Crippen LogP contribution in [0.15, 0.2) is 66.7 Å². The lowest BCUT2D eigenvalue weighted by Gasteiger charge is -2.43. The maximum absolute atomic E-state index is 15.9. The first-order valence-electron chi connectivity index (χ1n) is 18.9. The van der Waals surface area contributed by atoms with Gasteiger partial charge in [0, 0.05) is 81.6 Å². The number of hydrogen-bond donors (Lipinski definition) is 1.